The molecule has 0 atom stereocenters. The van der Waals surface area contributed by atoms with E-state index in [1.54, 1.807) is 23.2 Å². The van der Waals surface area contributed by atoms with E-state index in [9.17, 15) is 9.59 Å². The van der Waals surface area contributed by atoms with Crippen LogP contribution in [0.2, 0.25) is 0 Å². The molecule has 0 spiro atoms. The van der Waals surface area contributed by atoms with Gasteiger partial charge in [-0.2, -0.15) is 0 Å². The maximum Gasteiger partial charge on any atom is 0.272 e. The average molecular weight is 339 g/mol. The molecule has 4 rings (SSSR count). The van der Waals surface area contributed by atoms with E-state index in [4.69, 9.17) is 0 Å². The van der Waals surface area contributed by atoms with Gasteiger partial charge >= 0.3 is 0 Å². The zero-order valence-corrected chi connectivity index (χ0v) is 14.0. The van der Waals surface area contributed by atoms with Gasteiger partial charge < -0.3 is 14.8 Å². The van der Waals surface area contributed by atoms with Gasteiger partial charge in [-0.25, -0.2) is 4.98 Å². The van der Waals surface area contributed by atoms with Crippen LogP contribution in [-0.4, -0.2) is 37.8 Å². The van der Waals surface area contributed by atoms with Gasteiger partial charge in [0.25, 0.3) is 5.91 Å². The van der Waals surface area contributed by atoms with Crippen LogP contribution in [0.5, 0.6) is 0 Å². The molecule has 2 aromatic rings. The molecule has 1 aliphatic carbocycles. The molecule has 130 valence electrons. The minimum atomic E-state index is -0.0749. The number of carbonyl (C=O) groups excluding carboxylic acids is 2. The SMILES string of the molecule is O=C(CC1CC1)NCc1cn2c(n1)CN(C(=O)c1ccccn1)CC2. The second-order valence-electron chi connectivity index (χ2n) is 6.71. The Morgan fingerprint density at radius 2 is 2.12 bits per heavy atom. The van der Waals surface area contributed by atoms with Crippen molar-refractivity contribution in [1.29, 1.82) is 0 Å². The van der Waals surface area contributed by atoms with E-state index in [1.807, 2.05) is 12.3 Å². The van der Waals surface area contributed by atoms with Gasteiger partial charge in [-0.3, -0.25) is 14.6 Å². The number of nitrogens with zero attached hydrogens (tertiary/aromatic N) is 4. The molecule has 1 aliphatic heterocycles. The highest BCUT2D eigenvalue weighted by Crippen LogP contribution is 2.32. The fraction of sp³-hybridized carbons (Fsp3) is 0.444. The van der Waals surface area contributed by atoms with Crippen LogP contribution >= 0.6 is 0 Å². The van der Waals surface area contributed by atoms with E-state index < -0.39 is 0 Å². The highest BCUT2D eigenvalue weighted by Gasteiger charge is 2.25. The van der Waals surface area contributed by atoms with E-state index in [2.05, 4.69) is 19.9 Å². The summed E-state index contributed by atoms with van der Waals surface area (Å²) in [5.74, 6) is 1.46. The first-order chi connectivity index (χ1) is 12.2. The summed E-state index contributed by atoms with van der Waals surface area (Å²) >= 11 is 0. The van der Waals surface area contributed by atoms with E-state index in [0.717, 1.165) is 11.5 Å². The van der Waals surface area contributed by atoms with Gasteiger partial charge in [0.05, 0.1) is 18.8 Å². The summed E-state index contributed by atoms with van der Waals surface area (Å²) in [6.07, 6.45) is 6.56. The van der Waals surface area contributed by atoms with Gasteiger partial charge in [0.1, 0.15) is 11.5 Å². The van der Waals surface area contributed by atoms with Crippen molar-refractivity contribution in [3.8, 4) is 0 Å². The Bertz CT molecular complexity index is 782. The summed E-state index contributed by atoms with van der Waals surface area (Å²) < 4.78 is 2.06. The Kier molecular flexibility index (Phi) is 4.21. The Morgan fingerprint density at radius 3 is 2.88 bits per heavy atom. The maximum atomic E-state index is 12.5. The van der Waals surface area contributed by atoms with E-state index in [-0.39, 0.29) is 11.8 Å². The Hall–Kier alpha value is -2.70. The van der Waals surface area contributed by atoms with Crippen molar-refractivity contribution in [2.75, 3.05) is 6.54 Å². The lowest BCUT2D eigenvalue weighted by molar-refractivity contribution is -0.121. The Balaban J connectivity index is 1.37. The van der Waals surface area contributed by atoms with E-state index in [0.29, 0.717) is 44.2 Å². The first-order valence-corrected chi connectivity index (χ1v) is 8.71. The molecule has 7 heteroatoms. The van der Waals surface area contributed by atoms with Crippen LogP contribution < -0.4 is 5.32 Å². The first kappa shape index (κ1) is 15.8. The minimum Gasteiger partial charge on any atom is -0.350 e. The van der Waals surface area contributed by atoms with Gasteiger partial charge in [0.15, 0.2) is 0 Å². The molecule has 1 saturated carbocycles. The number of rotatable bonds is 5. The van der Waals surface area contributed by atoms with Crippen molar-refractivity contribution in [3.63, 3.8) is 0 Å². The predicted octanol–water partition coefficient (Wildman–Crippen LogP) is 1.35. The van der Waals surface area contributed by atoms with Crippen molar-refractivity contribution in [2.45, 2.75) is 38.9 Å². The van der Waals surface area contributed by atoms with Crippen molar-refractivity contribution in [1.82, 2.24) is 24.8 Å². The van der Waals surface area contributed by atoms with Crippen LogP contribution in [0.25, 0.3) is 0 Å². The zero-order chi connectivity index (χ0) is 17.2. The molecular weight excluding hydrogens is 318 g/mol. The summed E-state index contributed by atoms with van der Waals surface area (Å²) in [5.41, 5.74) is 1.29. The first-order valence-electron chi connectivity index (χ1n) is 8.71. The quantitative estimate of drug-likeness (QED) is 0.892. The number of fused-ring (bicyclic) bond motifs is 1. The third-order valence-electron chi connectivity index (χ3n) is 4.66. The Labute approximate surface area is 146 Å². The number of nitrogens with one attached hydrogen (secondary N) is 1. The number of hydrogen-bond donors (Lipinski definition) is 1. The lowest BCUT2D eigenvalue weighted by Crippen LogP contribution is -2.38. The summed E-state index contributed by atoms with van der Waals surface area (Å²) in [4.78, 5) is 34.8. The van der Waals surface area contributed by atoms with E-state index >= 15 is 0 Å². The predicted molar refractivity (Wildman–Crippen MR) is 90.4 cm³/mol. The molecule has 0 radical (unpaired) electrons. The summed E-state index contributed by atoms with van der Waals surface area (Å²) in [6.45, 7) is 2.24. The highest BCUT2D eigenvalue weighted by molar-refractivity contribution is 5.92. The maximum absolute atomic E-state index is 12.5. The molecule has 3 heterocycles. The van der Waals surface area contributed by atoms with Crippen LogP contribution in [-0.2, 0) is 24.4 Å². The van der Waals surface area contributed by atoms with Gasteiger partial charge in [-0.15, -0.1) is 0 Å². The second-order valence-corrected chi connectivity index (χ2v) is 6.71. The van der Waals surface area contributed by atoms with Crippen LogP contribution in [0, 0.1) is 5.92 Å². The summed E-state index contributed by atoms with van der Waals surface area (Å²) in [7, 11) is 0. The molecule has 2 aliphatic rings. The number of pyridine rings is 1. The number of carbonyl (C=O) groups is 2. The van der Waals surface area contributed by atoms with Crippen LogP contribution in [0.15, 0.2) is 30.6 Å². The van der Waals surface area contributed by atoms with Crippen LogP contribution in [0.4, 0.5) is 0 Å². The van der Waals surface area contributed by atoms with Crippen molar-refractivity contribution in [2.24, 2.45) is 5.92 Å². The third-order valence-corrected chi connectivity index (χ3v) is 4.66. The molecular formula is C18H21N5O2. The largest absolute Gasteiger partial charge is 0.350 e. The molecule has 0 unspecified atom stereocenters. The molecule has 25 heavy (non-hydrogen) atoms. The fourth-order valence-corrected chi connectivity index (χ4v) is 3.07. The molecule has 7 nitrogen and oxygen atoms in total. The number of imidazole rings is 1. The molecule has 2 amide bonds. The van der Waals surface area contributed by atoms with Gasteiger partial charge in [0, 0.05) is 31.9 Å². The van der Waals surface area contributed by atoms with Crippen LogP contribution in [0.3, 0.4) is 0 Å². The lowest BCUT2D eigenvalue weighted by Gasteiger charge is -2.27. The topological polar surface area (TPSA) is 80.1 Å². The van der Waals surface area contributed by atoms with E-state index in [1.165, 1.54) is 12.8 Å². The number of amides is 2. The zero-order valence-electron chi connectivity index (χ0n) is 14.0. The van der Waals surface area contributed by atoms with Gasteiger partial charge in [-0.1, -0.05) is 6.07 Å². The normalized spacial score (nSPS) is 16.4. The summed E-state index contributed by atoms with van der Waals surface area (Å²) in [6, 6.07) is 5.33. The third kappa shape index (κ3) is 3.70. The average Bonchev–Trinajstić information content (AvgIpc) is 3.35. The highest BCUT2D eigenvalue weighted by atomic mass is 16.2. The molecule has 0 aromatic carbocycles. The summed E-state index contributed by atoms with van der Waals surface area (Å²) in [5, 5.41) is 2.93. The number of hydrogen-bond acceptors (Lipinski definition) is 4. The fourth-order valence-electron chi connectivity index (χ4n) is 3.07. The number of aromatic nitrogens is 3. The smallest absolute Gasteiger partial charge is 0.272 e. The van der Waals surface area contributed by atoms with Crippen molar-refractivity contribution >= 4 is 11.8 Å². The van der Waals surface area contributed by atoms with Crippen molar-refractivity contribution < 1.29 is 9.59 Å². The minimum absolute atomic E-state index is 0.0749. The molecule has 0 bridgehead atoms. The van der Waals surface area contributed by atoms with Gasteiger partial charge in [0.2, 0.25) is 5.91 Å². The van der Waals surface area contributed by atoms with Crippen molar-refractivity contribution in [3.05, 3.63) is 47.8 Å². The second kappa shape index (κ2) is 6.66. The molecule has 0 saturated heterocycles. The lowest BCUT2D eigenvalue weighted by atomic mass is 10.3. The molecule has 2 aromatic heterocycles. The molecule has 1 fully saturated rings. The van der Waals surface area contributed by atoms with Crippen LogP contribution in [0.1, 0.15) is 41.3 Å². The molecule has 1 N–H and O–H groups in total. The van der Waals surface area contributed by atoms with Gasteiger partial charge in [-0.05, 0) is 30.9 Å². The monoisotopic (exact) mass is 339 g/mol. The Morgan fingerprint density at radius 1 is 1.24 bits per heavy atom. The standard InChI is InChI=1S/C18H21N5O2/c24-17(9-13-4-5-13)20-10-14-11-22-7-8-23(12-16(22)21-14)18(25)15-3-1-2-6-19-15/h1-3,6,11,13H,4-5,7-10,12H2,(H,20,24).